The number of rotatable bonds is 2. The lowest BCUT2D eigenvalue weighted by molar-refractivity contribution is -0.156. The van der Waals surface area contributed by atoms with Crippen LogP contribution in [-0.4, -0.2) is 84.2 Å². The second-order valence-electron chi connectivity index (χ2n) is 11.6. The number of nitrogens with zero attached hydrogens (tertiary/aromatic N) is 3. The first-order chi connectivity index (χ1) is 18.4. The molecule has 1 saturated heterocycles. The second kappa shape index (κ2) is 8.64. The summed E-state index contributed by atoms with van der Waals surface area (Å²) in [5.41, 5.74) is 1.22. The van der Waals surface area contributed by atoms with Gasteiger partial charge in [-0.2, -0.15) is 13.2 Å². The van der Waals surface area contributed by atoms with E-state index in [9.17, 15) is 23.1 Å². The molecule has 0 unspecified atom stereocenters. The summed E-state index contributed by atoms with van der Waals surface area (Å²) in [5.74, 6) is 5.60. The van der Waals surface area contributed by atoms with E-state index in [1.165, 1.54) is 17.7 Å². The monoisotopic (exact) mass is 539 g/mol. The van der Waals surface area contributed by atoms with E-state index in [0.29, 0.717) is 17.7 Å². The largest absolute Gasteiger partial charge is 0.504 e. The van der Waals surface area contributed by atoms with Crippen molar-refractivity contribution in [3.63, 3.8) is 0 Å². The molecule has 4 aliphatic rings. The molecule has 0 aromatic heterocycles. The van der Waals surface area contributed by atoms with Gasteiger partial charge in [-0.3, -0.25) is 4.79 Å². The number of ether oxygens (including phenoxy) is 1. The third-order valence-corrected chi connectivity index (χ3v) is 9.84. The van der Waals surface area contributed by atoms with Crippen molar-refractivity contribution in [1.82, 2.24) is 14.7 Å². The maximum atomic E-state index is 13.3. The number of halogens is 3. The van der Waals surface area contributed by atoms with Gasteiger partial charge in [0, 0.05) is 35.7 Å². The number of hydrogen-bond acceptors (Lipinski definition) is 5. The van der Waals surface area contributed by atoms with Gasteiger partial charge in [-0.05, 0) is 89.3 Å². The normalized spacial score (nSPS) is 30.7. The molecule has 9 heteroatoms. The predicted molar refractivity (Wildman–Crippen MR) is 139 cm³/mol. The highest BCUT2D eigenvalue weighted by Crippen LogP contribution is 2.66. The van der Waals surface area contributed by atoms with E-state index in [4.69, 9.17) is 4.74 Å². The van der Waals surface area contributed by atoms with Crippen LogP contribution in [-0.2, 0) is 22.8 Å². The van der Waals surface area contributed by atoms with Crippen molar-refractivity contribution in [2.45, 2.75) is 61.0 Å². The molecule has 1 spiro atoms. The Hall–Kier alpha value is -3.22. The molecule has 1 N–H and O–H groups in total. The van der Waals surface area contributed by atoms with Crippen molar-refractivity contribution in [2.75, 3.05) is 34.7 Å². The van der Waals surface area contributed by atoms with Gasteiger partial charge >= 0.3 is 6.18 Å². The number of phenols is 1. The molecule has 2 aromatic rings. The van der Waals surface area contributed by atoms with Crippen molar-refractivity contribution in [3.8, 4) is 23.3 Å². The van der Waals surface area contributed by atoms with E-state index in [1.54, 1.807) is 18.0 Å². The molecular formula is C30H32F3N3O3. The Labute approximate surface area is 226 Å². The van der Waals surface area contributed by atoms with Crippen LogP contribution >= 0.6 is 0 Å². The molecule has 206 valence electrons. The van der Waals surface area contributed by atoms with Gasteiger partial charge in [-0.1, -0.05) is 12.0 Å². The number of likely N-dealkylation sites (N-methyl/N-ethyl adjacent to an activating group) is 3. The van der Waals surface area contributed by atoms with Crippen LogP contribution in [0.4, 0.5) is 13.2 Å². The number of likely N-dealkylation sites (tertiary alicyclic amines) is 1. The van der Waals surface area contributed by atoms with Crippen LogP contribution in [0.3, 0.4) is 0 Å². The zero-order chi connectivity index (χ0) is 27.9. The summed E-state index contributed by atoms with van der Waals surface area (Å²) in [7, 11) is 8.15. The fourth-order valence-electron chi connectivity index (χ4n) is 8.15. The highest BCUT2D eigenvalue weighted by atomic mass is 19.4. The number of hydrogen-bond donors (Lipinski definition) is 1. The van der Waals surface area contributed by atoms with Crippen molar-refractivity contribution in [3.05, 3.63) is 58.7 Å². The minimum atomic E-state index is -4.43. The summed E-state index contributed by atoms with van der Waals surface area (Å²) in [6.45, 7) is 0.882. The molecule has 6 rings (SSSR count). The third kappa shape index (κ3) is 3.47. The molecule has 0 radical (unpaired) electrons. The van der Waals surface area contributed by atoms with Crippen LogP contribution in [0, 0.1) is 11.8 Å². The zero-order valence-corrected chi connectivity index (χ0v) is 22.5. The zero-order valence-electron chi connectivity index (χ0n) is 22.5. The third-order valence-electron chi connectivity index (χ3n) is 9.84. The van der Waals surface area contributed by atoms with Crippen molar-refractivity contribution in [1.29, 1.82) is 0 Å². The molecule has 39 heavy (non-hydrogen) atoms. The first-order valence-electron chi connectivity index (χ1n) is 13.3. The Kier molecular flexibility index (Phi) is 5.76. The van der Waals surface area contributed by atoms with E-state index >= 15 is 0 Å². The lowest BCUT2D eigenvalue weighted by Gasteiger charge is -2.68. The number of aromatic hydroxyl groups is 1. The van der Waals surface area contributed by atoms with Gasteiger partial charge in [-0.25, -0.2) is 0 Å². The van der Waals surface area contributed by atoms with E-state index < -0.39 is 23.1 Å². The second-order valence-corrected chi connectivity index (χ2v) is 11.6. The number of benzene rings is 2. The molecule has 2 heterocycles. The van der Waals surface area contributed by atoms with Crippen molar-refractivity contribution < 1.29 is 27.8 Å². The highest BCUT2D eigenvalue weighted by Gasteiger charge is 2.74. The highest BCUT2D eigenvalue weighted by molar-refractivity contribution is 5.94. The minimum absolute atomic E-state index is 0.123. The summed E-state index contributed by atoms with van der Waals surface area (Å²) in [6.07, 6.45) is -1.55. The molecule has 1 saturated carbocycles. The van der Waals surface area contributed by atoms with Gasteiger partial charge in [0.1, 0.15) is 6.10 Å². The van der Waals surface area contributed by atoms with Crippen LogP contribution in [0.2, 0.25) is 0 Å². The number of piperidine rings is 1. The van der Waals surface area contributed by atoms with Crippen LogP contribution < -0.4 is 4.74 Å². The van der Waals surface area contributed by atoms with Gasteiger partial charge in [0.2, 0.25) is 0 Å². The molecule has 1 amide bonds. The predicted octanol–water partition coefficient (Wildman–Crippen LogP) is 3.64. The average molecular weight is 540 g/mol. The van der Waals surface area contributed by atoms with Crippen LogP contribution in [0.1, 0.15) is 41.5 Å². The molecule has 2 fully saturated rings. The molecule has 2 aliphatic carbocycles. The number of phenolic OH excluding ortho intramolecular Hbond substituents is 1. The fraction of sp³-hybridized carbons (Fsp3) is 0.500. The first-order valence-corrected chi connectivity index (χ1v) is 13.3. The Bertz CT molecular complexity index is 1400. The van der Waals surface area contributed by atoms with Gasteiger partial charge in [0.25, 0.3) is 5.91 Å². The quantitative estimate of drug-likeness (QED) is 0.591. The van der Waals surface area contributed by atoms with E-state index in [-0.39, 0.29) is 29.5 Å². The molecular weight excluding hydrogens is 507 g/mol. The van der Waals surface area contributed by atoms with Gasteiger partial charge < -0.3 is 24.5 Å². The van der Waals surface area contributed by atoms with Crippen molar-refractivity contribution in [2.24, 2.45) is 0 Å². The fourth-order valence-corrected chi connectivity index (χ4v) is 8.15. The van der Waals surface area contributed by atoms with E-state index in [0.717, 1.165) is 43.5 Å². The summed E-state index contributed by atoms with van der Waals surface area (Å²) in [6, 6.07) is 8.18. The number of carbonyl (C=O) groups is 1. The summed E-state index contributed by atoms with van der Waals surface area (Å²) in [5, 5.41) is 10.9. The summed E-state index contributed by atoms with van der Waals surface area (Å²) < 4.78 is 45.3. The maximum absolute atomic E-state index is 13.3. The SMILES string of the molecule is CN1CC[C@]23c4c5ccc(O)c4O[C@H]2[C@@H](N(C)C(=O)C#Cc2ccc(C(F)(F)F)cc2)CC[C@@]3(N(C)C)[C@H]1C5. The summed E-state index contributed by atoms with van der Waals surface area (Å²) >= 11 is 0. The van der Waals surface area contributed by atoms with Gasteiger partial charge in [0.05, 0.1) is 17.0 Å². The lowest BCUT2D eigenvalue weighted by atomic mass is 9.46. The Morgan fingerprint density at radius 2 is 1.85 bits per heavy atom. The Morgan fingerprint density at radius 1 is 1.13 bits per heavy atom. The molecule has 6 nitrogen and oxygen atoms in total. The van der Waals surface area contributed by atoms with Crippen LogP contribution in [0.5, 0.6) is 11.5 Å². The smallest absolute Gasteiger partial charge is 0.416 e. The van der Waals surface area contributed by atoms with Gasteiger partial charge in [0.15, 0.2) is 11.5 Å². The van der Waals surface area contributed by atoms with E-state index in [2.05, 4.69) is 42.8 Å². The molecule has 2 aromatic carbocycles. The van der Waals surface area contributed by atoms with Crippen LogP contribution in [0.15, 0.2) is 36.4 Å². The number of amides is 1. The first kappa shape index (κ1) is 26.0. The Balaban J connectivity index is 1.37. The summed E-state index contributed by atoms with van der Waals surface area (Å²) in [4.78, 5) is 19.7. The van der Waals surface area contributed by atoms with Crippen molar-refractivity contribution >= 4 is 5.91 Å². The van der Waals surface area contributed by atoms with E-state index in [1.807, 2.05) is 6.07 Å². The lowest BCUT2D eigenvalue weighted by Crippen LogP contribution is -2.81. The molecule has 2 aliphatic heterocycles. The standard InChI is InChI=1S/C30H32F3N3O3/c1-34(2)29-14-13-21(36(4)24(38)12-7-18-5-9-20(10-6-18)30(31,32)33)27-28(29)15-16-35(3)23(29)17-19-8-11-22(37)26(39-27)25(19)28/h5-6,8-11,21,23,27,37H,13-17H2,1-4H3/t21-,23+,27-,28-,29+/m0/s1. The Morgan fingerprint density at radius 3 is 2.51 bits per heavy atom. The maximum Gasteiger partial charge on any atom is 0.416 e. The topological polar surface area (TPSA) is 56.3 Å². The number of alkyl halides is 3. The number of carbonyl (C=O) groups excluding carboxylic acids is 1. The van der Waals surface area contributed by atoms with Crippen LogP contribution in [0.25, 0.3) is 0 Å². The molecule has 2 bridgehead atoms. The molecule has 5 atom stereocenters. The average Bonchev–Trinajstić information content (AvgIpc) is 3.25. The van der Waals surface area contributed by atoms with Gasteiger partial charge in [-0.15, -0.1) is 0 Å². The minimum Gasteiger partial charge on any atom is -0.504 e.